The highest BCUT2D eigenvalue weighted by Crippen LogP contribution is 2.38. The lowest BCUT2D eigenvalue weighted by Crippen LogP contribution is -2.46. The van der Waals surface area contributed by atoms with E-state index in [1.54, 1.807) is 11.3 Å². The third kappa shape index (κ3) is 2.26. The second kappa shape index (κ2) is 4.67. The highest BCUT2D eigenvalue weighted by atomic mass is 32.1. The Morgan fingerprint density at radius 1 is 1.47 bits per heavy atom. The molecule has 1 aromatic heterocycles. The summed E-state index contributed by atoms with van der Waals surface area (Å²) in [6, 6.07) is 1.89. The van der Waals surface area contributed by atoms with E-state index in [9.17, 15) is 0 Å². The lowest BCUT2D eigenvalue weighted by molar-refractivity contribution is 0.120. The zero-order valence-electron chi connectivity index (χ0n) is 10.4. The van der Waals surface area contributed by atoms with E-state index in [1.807, 2.05) is 11.6 Å². The van der Waals surface area contributed by atoms with Crippen molar-refractivity contribution in [1.82, 2.24) is 9.88 Å². The molecule has 94 valence electrons. The molecular weight excluding hydrogens is 230 g/mol. The molecule has 0 amide bonds. The summed E-state index contributed by atoms with van der Waals surface area (Å²) in [5.74, 6) is 0.701. The number of nitrogens with zero attached hydrogens (tertiary/aromatic N) is 2. The molecule has 0 aromatic carbocycles. The molecule has 3 unspecified atom stereocenters. The van der Waals surface area contributed by atoms with E-state index < -0.39 is 0 Å². The average Bonchev–Trinajstić information content (AvgIpc) is 2.86. The van der Waals surface area contributed by atoms with Crippen molar-refractivity contribution in [2.75, 3.05) is 7.05 Å². The van der Waals surface area contributed by atoms with Crippen molar-refractivity contribution in [3.8, 4) is 0 Å². The molecule has 0 radical (unpaired) electrons. The smallest absolute Gasteiger partial charge is 0.0940 e. The maximum absolute atomic E-state index is 6.39. The Balaban J connectivity index is 1.62. The van der Waals surface area contributed by atoms with Crippen molar-refractivity contribution in [2.24, 2.45) is 11.7 Å². The second-order valence-electron chi connectivity index (χ2n) is 5.58. The van der Waals surface area contributed by atoms with Gasteiger partial charge in [0.05, 0.1) is 5.01 Å². The zero-order chi connectivity index (χ0) is 11.8. The molecular formula is C13H21N3S. The van der Waals surface area contributed by atoms with Gasteiger partial charge in [-0.1, -0.05) is 0 Å². The van der Waals surface area contributed by atoms with E-state index in [-0.39, 0.29) is 0 Å². The van der Waals surface area contributed by atoms with Crippen LogP contribution in [0.15, 0.2) is 11.6 Å². The van der Waals surface area contributed by atoms with Gasteiger partial charge in [-0.15, -0.1) is 11.3 Å². The predicted octanol–water partition coefficient (Wildman–Crippen LogP) is 1.89. The van der Waals surface area contributed by atoms with Crippen LogP contribution in [-0.4, -0.2) is 35.1 Å². The Morgan fingerprint density at radius 2 is 2.18 bits per heavy atom. The van der Waals surface area contributed by atoms with Crippen LogP contribution in [0.5, 0.6) is 0 Å². The van der Waals surface area contributed by atoms with Gasteiger partial charge < -0.3 is 10.6 Å². The van der Waals surface area contributed by atoms with E-state index in [4.69, 9.17) is 5.73 Å². The maximum Gasteiger partial charge on any atom is 0.0940 e. The molecule has 3 atom stereocenters. The number of fused-ring (bicyclic) bond motifs is 2. The van der Waals surface area contributed by atoms with Gasteiger partial charge in [0.25, 0.3) is 0 Å². The summed E-state index contributed by atoms with van der Waals surface area (Å²) in [7, 11) is 2.28. The molecule has 3 nitrogen and oxygen atoms in total. The molecule has 1 aromatic rings. The average molecular weight is 251 g/mol. The Bertz CT molecular complexity index is 351. The SMILES string of the molecule is CN1C2CCC1CC(C(N)Cc1nccs1)C2. The van der Waals surface area contributed by atoms with Crippen LogP contribution >= 0.6 is 11.3 Å². The van der Waals surface area contributed by atoms with Gasteiger partial charge in [-0.3, -0.25) is 0 Å². The fraction of sp³-hybridized carbons (Fsp3) is 0.769. The van der Waals surface area contributed by atoms with Gasteiger partial charge in [0.2, 0.25) is 0 Å². The molecule has 2 bridgehead atoms. The molecule has 2 aliphatic rings. The first-order valence-electron chi connectivity index (χ1n) is 6.60. The van der Waals surface area contributed by atoms with Crippen molar-refractivity contribution >= 4 is 11.3 Å². The zero-order valence-corrected chi connectivity index (χ0v) is 11.2. The molecule has 3 rings (SSSR count). The summed E-state index contributed by atoms with van der Waals surface area (Å²) in [6.07, 6.45) is 8.18. The molecule has 2 fully saturated rings. The standard InChI is InChI=1S/C13H21N3S/c1-16-10-2-3-11(16)7-9(6-10)12(14)8-13-15-4-5-17-13/h4-5,9-12H,2-3,6-8,14H2,1H3. The summed E-state index contributed by atoms with van der Waals surface area (Å²) in [5.41, 5.74) is 6.39. The molecule has 2 saturated heterocycles. The fourth-order valence-corrected chi connectivity index (χ4v) is 4.21. The van der Waals surface area contributed by atoms with Gasteiger partial charge in [0, 0.05) is 36.1 Å². The first kappa shape index (κ1) is 11.6. The second-order valence-corrected chi connectivity index (χ2v) is 6.55. The third-order valence-corrected chi connectivity index (χ3v) is 5.44. The van der Waals surface area contributed by atoms with E-state index in [0.29, 0.717) is 12.0 Å². The summed E-state index contributed by atoms with van der Waals surface area (Å²) in [5, 5.41) is 3.24. The van der Waals surface area contributed by atoms with Crippen LogP contribution in [0.2, 0.25) is 0 Å². The molecule has 0 saturated carbocycles. The Labute approximate surface area is 107 Å². The summed E-state index contributed by atoms with van der Waals surface area (Å²) >= 11 is 1.73. The highest BCUT2D eigenvalue weighted by Gasteiger charge is 2.40. The molecule has 3 heterocycles. The summed E-state index contributed by atoms with van der Waals surface area (Å²) in [4.78, 5) is 6.92. The van der Waals surface area contributed by atoms with Gasteiger partial charge in [-0.2, -0.15) is 0 Å². The van der Waals surface area contributed by atoms with E-state index in [0.717, 1.165) is 18.5 Å². The monoisotopic (exact) mass is 251 g/mol. The molecule has 17 heavy (non-hydrogen) atoms. The van der Waals surface area contributed by atoms with Gasteiger partial charge >= 0.3 is 0 Å². The molecule has 0 aliphatic carbocycles. The van der Waals surface area contributed by atoms with Crippen LogP contribution in [0.4, 0.5) is 0 Å². The van der Waals surface area contributed by atoms with Gasteiger partial charge in [0.15, 0.2) is 0 Å². The van der Waals surface area contributed by atoms with E-state index in [1.165, 1.54) is 30.7 Å². The number of hydrogen-bond donors (Lipinski definition) is 1. The summed E-state index contributed by atoms with van der Waals surface area (Å²) < 4.78 is 0. The minimum Gasteiger partial charge on any atom is -0.327 e. The van der Waals surface area contributed by atoms with Crippen LogP contribution in [-0.2, 0) is 6.42 Å². The number of thiazole rings is 1. The van der Waals surface area contributed by atoms with Crippen LogP contribution in [0, 0.1) is 5.92 Å². The van der Waals surface area contributed by atoms with E-state index >= 15 is 0 Å². The predicted molar refractivity (Wildman–Crippen MR) is 71.1 cm³/mol. The van der Waals surface area contributed by atoms with E-state index in [2.05, 4.69) is 16.9 Å². The van der Waals surface area contributed by atoms with Gasteiger partial charge in [0.1, 0.15) is 0 Å². The molecule has 2 aliphatic heterocycles. The van der Waals surface area contributed by atoms with Crippen molar-refractivity contribution in [3.05, 3.63) is 16.6 Å². The minimum absolute atomic E-state index is 0.304. The van der Waals surface area contributed by atoms with Gasteiger partial charge in [-0.05, 0) is 38.6 Å². The number of hydrogen-bond acceptors (Lipinski definition) is 4. The summed E-state index contributed by atoms with van der Waals surface area (Å²) in [6.45, 7) is 0. The largest absolute Gasteiger partial charge is 0.327 e. The first-order chi connectivity index (χ1) is 8.24. The number of rotatable bonds is 3. The molecule has 4 heteroatoms. The third-order valence-electron chi connectivity index (χ3n) is 4.63. The van der Waals surface area contributed by atoms with Gasteiger partial charge in [-0.25, -0.2) is 4.98 Å². The Hall–Kier alpha value is -0.450. The van der Waals surface area contributed by atoms with Crippen molar-refractivity contribution in [2.45, 2.75) is 50.2 Å². The van der Waals surface area contributed by atoms with Crippen LogP contribution < -0.4 is 5.73 Å². The Kier molecular flexibility index (Phi) is 3.19. The quantitative estimate of drug-likeness (QED) is 0.892. The maximum atomic E-state index is 6.39. The van der Waals surface area contributed by atoms with Crippen LogP contribution in [0.25, 0.3) is 0 Å². The minimum atomic E-state index is 0.304. The number of piperidine rings is 1. The number of nitrogens with two attached hydrogens (primary N) is 1. The van der Waals surface area contributed by atoms with Crippen molar-refractivity contribution in [3.63, 3.8) is 0 Å². The number of aromatic nitrogens is 1. The Morgan fingerprint density at radius 3 is 2.76 bits per heavy atom. The highest BCUT2D eigenvalue weighted by molar-refractivity contribution is 7.09. The lowest BCUT2D eigenvalue weighted by atomic mass is 9.84. The van der Waals surface area contributed by atoms with Crippen molar-refractivity contribution < 1.29 is 0 Å². The molecule has 0 spiro atoms. The normalized spacial score (nSPS) is 35.1. The lowest BCUT2D eigenvalue weighted by Gasteiger charge is -2.38. The van der Waals surface area contributed by atoms with Crippen molar-refractivity contribution in [1.29, 1.82) is 0 Å². The topological polar surface area (TPSA) is 42.1 Å². The van der Waals surface area contributed by atoms with Crippen LogP contribution in [0.3, 0.4) is 0 Å². The fourth-order valence-electron chi connectivity index (χ4n) is 3.53. The molecule has 2 N–H and O–H groups in total. The first-order valence-corrected chi connectivity index (χ1v) is 7.48. The van der Waals surface area contributed by atoms with Crippen LogP contribution in [0.1, 0.15) is 30.7 Å².